The lowest BCUT2D eigenvalue weighted by atomic mass is 9.85. The van der Waals surface area contributed by atoms with E-state index >= 15 is 0 Å². The summed E-state index contributed by atoms with van der Waals surface area (Å²) in [5, 5.41) is 2.17. The summed E-state index contributed by atoms with van der Waals surface area (Å²) < 4.78 is 0. The normalized spacial score (nSPS) is 19.6. The first-order chi connectivity index (χ1) is 9.74. The van der Waals surface area contributed by atoms with Gasteiger partial charge in [-0.1, -0.05) is 19.9 Å². The lowest BCUT2D eigenvalue weighted by Gasteiger charge is -2.48. The van der Waals surface area contributed by atoms with Gasteiger partial charge in [-0.25, -0.2) is 0 Å². The van der Waals surface area contributed by atoms with Gasteiger partial charge in [-0.3, -0.25) is 4.90 Å². The molecule has 0 radical (unpaired) electrons. The summed E-state index contributed by atoms with van der Waals surface area (Å²) in [6.45, 7) is 11.1. The first kappa shape index (κ1) is 16.0. The fraction of sp³-hybridized carbons (Fsp3) is 0.750. The fourth-order valence-electron chi connectivity index (χ4n) is 3.36. The van der Waals surface area contributed by atoms with Crippen molar-refractivity contribution < 1.29 is 0 Å². The van der Waals surface area contributed by atoms with E-state index in [-0.39, 0.29) is 5.54 Å². The minimum Gasteiger partial charge on any atom is -0.329 e. The minimum absolute atomic E-state index is 0.211. The van der Waals surface area contributed by atoms with E-state index in [2.05, 4.69) is 41.2 Å². The number of rotatable bonds is 7. The molecular formula is C16H29N3S. The van der Waals surface area contributed by atoms with Crippen LogP contribution in [0.4, 0.5) is 0 Å². The quantitative estimate of drug-likeness (QED) is 0.839. The third-order valence-corrected chi connectivity index (χ3v) is 5.55. The first-order valence-electron chi connectivity index (χ1n) is 7.94. The molecule has 1 saturated heterocycles. The van der Waals surface area contributed by atoms with Gasteiger partial charge in [0.1, 0.15) is 0 Å². The smallest absolute Gasteiger partial charge is 0.0359 e. The number of hydrogen-bond acceptors (Lipinski definition) is 4. The van der Waals surface area contributed by atoms with E-state index in [0.29, 0.717) is 0 Å². The average Bonchev–Trinajstić information content (AvgIpc) is 2.99. The molecule has 1 fully saturated rings. The van der Waals surface area contributed by atoms with Gasteiger partial charge in [-0.2, -0.15) is 0 Å². The van der Waals surface area contributed by atoms with Crippen LogP contribution < -0.4 is 5.73 Å². The summed E-state index contributed by atoms with van der Waals surface area (Å²) in [6.07, 6.45) is 3.67. The molecule has 0 unspecified atom stereocenters. The zero-order valence-electron chi connectivity index (χ0n) is 13.0. The Morgan fingerprint density at radius 1 is 1.35 bits per heavy atom. The van der Waals surface area contributed by atoms with Crippen LogP contribution in [0.2, 0.25) is 0 Å². The molecular weight excluding hydrogens is 266 g/mol. The second-order valence-corrected chi connectivity index (χ2v) is 6.90. The third-order valence-electron chi connectivity index (χ3n) is 4.69. The molecule has 1 aliphatic rings. The molecule has 1 aromatic heterocycles. The zero-order valence-corrected chi connectivity index (χ0v) is 13.8. The Labute approximate surface area is 127 Å². The predicted molar refractivity (Wildman–Crippen MR) is 88.2 cm³/mol. The summed E-state index contributed by atoms with van der Waals surface area (Å²) in [5.41, 5.74) is 6.42. The third kappa shape index (κ3) is 3.61. The van der Waals surface area contributed by atoms with Gasteiger partial charge in [0.2, 0.25) is 0 Å². The molecule has 114 valence electrons. The number of nitrogens with two attached hydrogens (primary N) is 1. The van der Waals surface area contributed by atoms with E-state index in [4.69, 9.17) is 5.73 Å². The Kier molecular flexibility index (Phi) is 6.02. The van der Waals surface area contributed by atoms with Crippen LogP contribution in [-0.2, 0) is 6.54 Å². The van der Waals surface area contributed by atoms with Crippen LogP contribution in [0.25, 0.3) is 0 Å². The van der Waals surface area contributed by atoms with Gasteiger partial charge in [-0.15, -0.1) is 11.3 Å². The van der Waals surface area contributed by atoms with Crippen molar-refractivity contribution in [3.8, 4) is 0 Å². The van der Waals surface area contributed by atoms with Crippen LogP contribution in [0.1, 0.15) is 38.0 Å². The molecule has 0 saturated carbocycles. The highest BCUT2D eigenvalue weighted by Crippen LogP contribution is 2.30. The van der Waals surface area contributed by atoms with E-state index < -0.39 is 0 Å². The van der Waals surface area contributed by atoms with E-state index in [0.717, 1.165) is 19.6 Å². The van der Waals surface area contributed by atoms with E-state index in [1.165, 1.54) is 43.8 Å². The maximum absolute atomic E-state index is 6.21. The fourth-order valence-corrected chi connectivity index (χ4v) is 4.08. The Morgan fingerprint density at radius 3 is 2.60 bits per heavy atom. The largest absolute Gasteiger partial charge is 0.329 e. The predicted octanol–water partition coefficient (Wildman–Crippen LogP) is 2.77. The van der Waals surface area contributed by atoms with Gasteiger partial charge in [-0.05, 0) is 56.9 Å². The highest BCUT2D eigenvalue weighted by Gasteiger charge is 2.37. The molecule has 0 bridgehead atoms. The molecule has 20 heavy (non-hydrogen) atoms. The van der Waals surface area contributed by atoms with Crippen LogP contribution in [0, 0.1) is 0 Å². The van der Waals surface area contributed by atoms with E-state index in [1.54, 1.807) is 0 Å². The summed E-state index contributed by atoms with van der Waals surface area (Å²) in [4.78, 5) is 6.66. The number of nitrogens with zero attached hydrogens (tertiary/aromatic N) is 2. The van der Waals surface area contributed by atoms with Crippen molar-refractivity contribution in [1.29, 1.82) is 0 Å². The molecule has 2 heterocycles. The van der Waals surface area contributed by atoms with Gasteiger partial charge in [0.05, 0.1) is 0 Å². The van der Waals surface area contributed by atoms with Crippen molar-refractivity contribution in [2.45, 2.75) is 45.2 Å². The summed E-state index contributed by atoms with van der Waals surface area (Å²) in [6, 6.07) is 4.39. The van der Waals surface area contributed by atoms with Crippen LogP contribution in [0.15, 0.2) is 17.5 Å². The Morgan fingerprint density at radius 2 is 2.10 bits per heavy atom. The maximum atomic E-state index is 6.21. The van der Waals surface area contributed by atoms with Crippen molar-refractivity contribution >= 4 is 11.3 Å². The number of likely N-dealkylation sites (tertiary alicyclic amines) is 1. The molecule has 0 spiro atoms. The van der Waals surface area contributed by atoms with Gasteiger partial charge in [0.25, 0.3) is 0 Å². The standard InChI is InChI=1S/C16H29N3S/c1-3-9-18-10-7-16(14-17,8-11-18)19(4-2)13-15-6-5-12-20-15/h5-6,12H,3-4,7-11,13-14,17H2,1-2H3. The molecule has 1 aliphatic heterocycles. The Hall–Kier alpha value is -0.420. The van der Waals surface area contributed by atoms with Crippen molar-refractivity contribution in [2.24, 2.45) is 5.73 Å². The van der Waals surface area contributed by atoms with Gasteiger partial charge >= 0.3 is 0 Å². The number of piperidine rings is 1. The Balaban J connectivity index is 2.01. The van der Waals surface area contributed by atoms with E-state index in [1.807, 2.05) is 11.3 Å². The maximum Gasteiger partial charge on any atom is 0.0359 e. The van der Waals surface area contributed by atoms with Gasteiger partial charge in [0, 0.05) is 23.5 Å². The molecule has 2 rings (SSSR count). The molecule has 0 amide bonds. The van der Waals surface area contributed by atoms with Crippen LogP contribution in [0.5, 0.6) is 0 Å². The summed E-state index contributed by atoms with van der Waals surface area (Å²) >= 11 is 1.86. The van der Waals surface area contributed by atoms with E-state index in [9.17, 15) is 0 Å². The van der Waals surface area contributed by atoms with Crippen molar-refractivity contribution in [2.75, 3.05) is 32.7 Å². The summed E-state index contributed by atoms with van der Waals surface area (Å²) in [5.74, 6) is 0. The minimum atomic E-state index is 0.211. The van der Waals surface area contributed by atoms with Crippen LogP contribution in [0.3, 0.4) is 0 Å². The molecule has 1 aromatic rings. The SMILES string of the molecule is CCCN1CCC(CN)(N(CC)Cc2cccs2)CC1. The van der Waals surface area contributed by atoms with Gasteiger partial charge < -0.3 is 10.6 Å². The monoisotopic (exact) mass is 295 g/mol. The molecule has 0 aliphatic carbocycles. The lowest BCUT2D eigenvalue weighted by Crippen LogP contribution is -2.59. The molecule has 2 N–H and O–H groups in total. The van der Waals surface area contributed by atoms with Crippen molar-refractivity contribution in [3.63, 3.8) is 0 Å². The molecule has 0 atom stereocenters. The molecule has 4 heteroatoms. The highest BCUT2D eigenvalue weighted by atomic mass is 32.1. The topological polar surface area (TPSA) is 32.5 Å². The second-order valence-electron chi connectivity index (χ2n) is 5.86. The Bertz CT molecular complexity index is 369. The molecule has 0 aromatic carbocycles. The molecule has 3 nitrogen and oxygen atoms in total. The highest BCUT2D eigenvalue weighted by molar-refractivity contribution is 7.09. The van der Waals surface area contributed by atoms with Crippen molar-refractivity contribution in [1.82, 2.24) is 9.80 Å². The summed E-state index contributed by atoms with van der Waals surface area (Å²) in [7, 11) is 0. The second kappa shape index (κ2) is 7.55. The van der Waals surface area contributed by atoms with Crippen molar-refractivity contribution in [3.05, 3.63) is 22.4 Å². The van der Waals surface area contributed by atoms with Crippen LogP contribution in [-0.4, -0.2) is 48.1 Å². The number of hydrogen-bond donors (Lipinski definition) is 1. The lowest BCUT2D eigenvalue weighted by molar-refractivity contribution is 0.0251. The first-order valence-corrected chi connectivity index (χ1v) is 8.82. The number of likely N-dealkylation sites (N-methyl/N-ethyl adjacent to an activating group) is 1. The van der Waals surface area contributed by atoms with Crippen LogP contribution >= 0.6 is 11.3 Å². The zero-order chi connectivity index (χ0) is 14.4. The number of thiophene rings is 1. The average molecular weight is 295 g/mol. The van der Waals surface area contributed by atoms with Gasteiger partial charge in [0.15, 0.2) is 0 Å².